The van der Waals surface area contributed by atoms with E-state index in [2.05, 4.69) is 50.2 Å². The molecule has 0 fully saturated rings. The lowest BCUT2D eigenvalue weighted by atomic mass is 9.99. The Morgan fingerprint density at radius 1 is 1.42 bits per heavy atom. The zero-order valence-corrected chi connectivity index (χ0v) is 8.86. The van der Waals surface area contributed by atoms with Gasteiger partial charge in [-0.3, -0.25) is 0 Å². The molecule has 1 unspecified atom stereocenters. The minimum atomic E-state index is 0.229. The third-order valence-corrected chi connectivity index (χ3v) is 3.24. The Morgan fingerprint density at radius 3 is 2.92 bits per heavy atom. The summed E-state index contributed by atoms with van der Waals surface area (Å²) < 4.78 is 2.23. The van der Waals surface area contributed by atoms with Crippen LogP contribution in [0, 0.1) is 0 Å². The van der Waals surface area contributed by atoms with Gasteiger partial charge < -0.3 is 8.85 Å². The number of hydrogen-bond donors (Lipinski definition) is 1. The SMILES string of the molecule is NC1CCN(I)c2ccccc21. The Labute approximate surface area is 86.2 Å². The number of benzene rings is 1. The average molecular weight is 274 g/mol. The Balaban J connectivity index is 2.47. The second-order valence-corrected chi connectivity index (χ2v) is 4.20. The summed E-state index contributed by atoms with van der Waals surface area (Å²) in [6.07, 6.45) is 1.06. The lowest BCUT2D eigenvalue weighted by Gasteiger charge is -2.29. The maximum absolute atomic E-state index is 5.98. The van der Waals surface area contributed by atoms with Gasteiger partial charge in [-0.2, -0.15) is 0 Å². The zero-order valence-electron chi connectivity index (χ0n) is 6.70. The quantitative estimate of drug-likeness (QED) is 0.580. The number of rotatable bonds is 0. The summed E-state index contributed by atoms with van der Waals surface area (Å²) in [6, 6.07) is 8.58. The largest absolute Gasteiger partial charge is 0.324 e. The number of nitrogens with two attached hydrogens (primary N) is 1. The van der Waals surface area contributed by atoms with Gasteiger partial charge in [-0.05, 0) is 18.1 Å². The van der Waals surface area contributed by atoms with Crippen LogP contribution in [0.15, 0.2) is 24.3 Å². The molecule has 1 atom stereocenters. The molecule has 2 N–H and O–H groups in total. The molecule has 0 radical (unpaired) electrons. The van der Waals surface area contributed by atoms with Crippen LogP contribution in [0.1, 0.15) is 18.0 Å². The summed E-state index contributed by atoms with van der Waals surface area (Å²) in [4.78, 5) is 0. The number of hydrogen-bond acceptors (Lipinski definition) is 2. The van der Waals surface area contributed by atoms with E-state index in [9.17, 15) is 0 Å². The van der Waals surface area contributed by atoms with Crippen LogP contribution in [0.4, 0.5) is 5.69 Å². The van der Waals surface area contributed by atoms with E-state index in [-0.39, 0.29) is 6.04 Å². The van der Waals surface area contributed by atoms with Gasteiger partial charge in [-0.1, -0.05) is 18.2 Å². The summed E-state index contributed by atoms with van der Waals surface area (Å²) in [7, 11) is 0. The van der Waals surface area contributed by atoms with Crippen molar-refractivity contribution in [3.05, 3.63) is 29.8 Å². The van der Waals surface area contributed by atoms with Crippen molar-refractivity contribution in [3.63, 3.8) is 0 Å². The molecule has 12 heavy (non-hydrogen) atoms. The first kappa shape index (κ1) is 8.31. The van der Waals surface area contributed by atoms with Crippen LogP contribution in [0.3, 0.4) is 0 Å². The molecule has 1 aliphatic rings. The van der Waals surface area contributed by atoms with Crippen molar-refractivity contribution in [1.82, 2.24) is 0 Å². The molecular weight excluding hydrogens is 263 g/mol. The van der Waals surface area contributed by atoms with E-state index in [0.29, 0.717) is 0 Å². The molecule has 0 bridgehead atoms. The first-order valence-corrected chi connectivity index (χ1v) is 5.03. The summed E-state index contributed by atoms with van der Waals surface area (Å²) in [6.45, 7) is 1.05. The number of nitrogens with zero attached hydrogens (tertiary/aromatic N) is 1. The maximum Gasteiger partial charge on any atom is 0.0591 e. The Morgan fingerprint density at radius 2 is 2.17 bits per heavy atom. The van der Waals surface area contributed by atoms with Crippen LogP contribution in [-0.2, 0) is 0 Å². The van der Waals surface area contributed by atoms with Gasteiger partial charge in [0.25, 0.3) is 0 Å². The van der Waals surface area contributed by atoms with Gasteiger partial charge >= 0.3 is 0 Å². The highest BCUT2D eigenvalue weighted by molar-refractivity contribution is 14.1. The summed E-state index contributed by atoms with van der Waals surface area (Å²) in [5, 5.41) is 0. The van der Waals surface area contributed by atoms with Crippen molar-refractivity contribution in [2.45, 2.75) is 12.5 Å². The Hall–Kier alpha value is -0.290. The van der Waals surface area contributed by atoms with Gasteiger partial charge in [0.15, 0.2) is 0 Å². The predicted molar refractivity (Wildman–Crippen MR) is 59.4 cm³/mol. The summed E-state index contributed by atoms with van der Waals surface area (Å²) in [5.41, 5.74) is 8.53. The van der Waals surface area contributed by atoms with Gasteiger partial charge in [0.1, 0.15) is 0 Å². The van der Waals surface area contributed by atoms with E-state index >= 15 is 0 Å². The fraction of sp³-hybridized carbons (Fsp3) is 0.333. The van der Waals surface area contributed by atoms with Crippen LogP contribution in [0.2, 0.25) is 0 Å². The minimum Gasteiger partial charge on any atom is -0.324 e. The first-order chi connectivity index (χ1) is 5.79. The molecule has 0 aromatic heterocycles. The molecule has 0 saturated carbocycles. The zero-order chi connectivity index (χ0) is 8.55. The molecule has 3 heteroatoms. The van der Waals surface area contributed by atoms with Crippen LogP contribution in [0.5, 0.6) is 0 Å². The second-order valence-electron chi connectivity index (χ2n) is 3.04. The van der Waals surface area contributed by atoms with E-state index in [4.69, 9.17) is 5.73 Å². The summed E-state index contributed by atoms with van der Waals surface area (Å²) in [5.74, 6) is 0. The number of para-hydroxylation sites is 1. The standard InChI is InChI=1S/C9H11IN2/c10-12-6-5-8(11)7-3-1-2-4-9(7)12/h1-4,8H,5-6,11H2. The molecule has 1 aromatic rings. The van der Waals surface area contributed by atoms with E-state index in [1.807, 2.05) is 0 Å². The lowest BCUT2D eigenvalue weighted by molar-refractivity contribution is 0.643. The van der Waals surface area contributed by atoms with Crippen LogP contribution < -0.4 is 8.85 Å². The van der Waals surface area contributed by atoms with Gasteiger partial charge in [0, 0.05) is 12.6 Å². The molecule has 0 aliphatic carbocycles. The average Bonchev–Trinajstić information content (AvgIpc) is 2.12. The Kier molecular flexibility index (Phi) is 2.23. The number of anilines is 1. The molecule has 1 heterocycles. The van der Waals surface area contributed by atoms with Crippen LogP contribution in [-0.4, -0.2) is 6.54 Å². The molecule has 2 nitrogen and oxygen atoms in total. The van der Waals surface area contributed by atoms with Crippen LogP contribution in [0.25, 0.3) is 0 Å². The molecule has 0 spiro atoms. The van der Waals surface area contributed by atoms with Gasteiger partial charge in [0.05, 0.1) is 28.6 Å². The first-order valence-electron chi connectivity index (χ1n) is 4.07. The van der Waals surface area contributed by atoms with E-state index in [1.165, 1.54) is 11.3 Å². The van der Waals surface area contributed by atoms with Crippen molar-refractivity contribution in [1.29, 1.82) is 0 Å². The monoisotopic (exact) mass is 274 g/mol. The van der Waals surface area contributed by atoms with Gasteiger partial charge in [-0.25, -0.2) is 0 Å². The molecular formula is C9H11IN2. The molecule has 1 aliphatic heterocycles. The topological polar surface area (TPSA) is 29.3 Å². The third-order valence-electron chi connectivity index (χ3n) is 2.23. The normalized spacial score (nSPS) is 22.2. The highest BCUT2D eigenvalue weighted by Gasteiger charge is 2.19. The Bertz CT molecular complexity index is 259. The smallest absolute Gasteiger partial charge is 0.0591 e. The molecule has 1 aromatic carbocycles. The predicted octanol–water partition coefficient (Wildman–Crippen LogP) is 2.25. The minimum absolute atomic E-state index is 0.229. The molecule has 0 saturated heterocycles. The van der Waals surface area contributed by atoms with Crippen molar-refractivity contribution in [2.75, 3.05) is 9.66 Å². The van der Waals surface area contributed by atoms with Gasteiger partial charge in [0.2, 0.25) is 0 Å². The highest BCUT2D eigenvalue weighted by Crippen LogP contribution is 2.33. The lowest BCUT2D eigenvalue weighted by Crippen LogP contribution is -2.26. The summed E-state index contributed by atoms with van der Waals surface area (Å²) >= 11 is 2.34. The van der Waals surface area contributed by atoms with Crippen molar-refractivity contribution in [2.24, 2.45) is 5.73 Å². The van der Waals surface area contributed by atoms with Crippen LogP contribution >= 0.6 is 22.9 Å². The van der Waals surface area contributed by atoms with Crippen molar-refractivity contribution >= 4 is 28.6 Å². The molecule has 0 amide bonds. The van der Waals surface area contributed by atoms with E-state index in [1.54, 1.807) is 0 Å². The fourth-order valence-electron chi connectivity index (χ4n) is 1.55. The third kappa shape index (κ3) is 1.31. The number of halogens is 1. The van der Waals surface area contributed by atoms with E-state index < -0.39 is 0 Å². The van der Waals surface area contributed by atoms with Crippen molar-refractivity contribution in [3.8, 4) is 0 Å². The highest BCUT2D eigenvalue weighted by atomic mass is 127. The number of fused-ring (bicyclic) bond motifs is 1. The van der Waals surface area contributed by atoms with Gasteiger partial charge in [-0.15, -0.1) is 0 Å². The second kappa shape index (κ2) is 3.22. The fourth-order valence-corrected chi connectivity index (χ4v) is 2.27. The van der Waals surface area contributed by atoms with Crippen molar-refractivity contribution < 1.29 is 0 Å². The molecule has 64 valence electrons. The molecule has 2 rings (SSSR count). The van der Waals surface area contributed by atoms with E-state index in [0.717, 1.165) is 13.0 Å². The maximum atomic E-state index is 5.98.